The van der Waals surface area contributed by atoms with Crippen LogP contribution in [0.3, 0.4) is 0 Å². The third-order valence-electron chi connectivity index (χ3n) is 5.81. The Morgan fingerprint density at radius 3 is 2.59 bits per heavy atom. The van der Waals surface area contributed by atoms with Gasteiger partial charge in [-0.1, -0.05) is 56.3 Å². The minimum absolute atomic E-state index is 0.0252. The molecule has 34 heavy (non-hydrogen) atoms. The molecule has 0 aliphatic carbocycles. The van der Waals surface area contributed by atoms with Crippen LogP contribution in [-0.4, -0.2) is 20.6 Å². The van der Waals surface area contributed by atoms with Crippen LogP contribution < -0.4 is 0 Å². The molecule has 0 fully saturated rings. The molecule has 7 heteroatoms. The van der Waals surface area contributed by atoms with Crippen molar-refractivity contribution in [3.63, 3.8) is 0 Å². The molecule has 0 unspecified atom stereocenters. The monoisotopic (exact) mass is 468 g/mol. The molecule has 0 aliphatic rings. The van der Waals surface area contributed by atoms with E-state index in [0.717, 1.165) is 38.8 Å². The molecule has 2 aromatic carbocycles. The highest BCUT2D eigenvalue weighted by Crippen LogP contribution is 2.39. The van der Waals surface area contributed by atoms with Gasteiger partial charge in [0.05, 0.1) is 27.2 Å². The van der Waals surface area contributed by atoms with Crippen LogP contribution in [0.5, 0.6) is 5.88 Å². The molecule has 170 valence electrons. The standard InChI is InChI=1S/C27H24N4O2S/c1-17(2)13-14-31-23-11-6-4-9-19(23)25(27(31)33)29-30-26(32)20-16-22(24-12-7-15-34-24)28-21-10-5-3-8-18(20)21/h3-12,15-17,33H,13-14H2,1-2H3. The summed E-state index contributed by atoms with van der Waals surface area (Å²) in [5.41, 5.74) is 3.06. The minimum atomic E-state index is -0.477. The fraction of sp³-hybridized carbons (Fsp3) is 0.185. The molecule has 0 saturated heterocycles. The smallest absolute Gasteiger partial charge is 0.296 e. The maximum Gasteiger partial charge on any atom is 0.296 e. The van der Waals surface area contributed by atoms with Crippen molar-refractivity contribution in [1.82, 2.24) is 9.55 Å². The number of hydrogen-bond donors (Lipinski definition) is 1. The van der Waals surface area contributed by atoms with E-state index in [-0.39, 0.29) is 5.88 Å². The first kappa shape index (κ1) is 22.0. The van der Waals surface area contributed by atoms with Crippen molar-refractivity contribution in [2.75, 3.05) is 0 Å². The van der Waals surface area contributed by atoms with Gasteiger partial charge in [0.2, 0.25) is 5.88 Å². The summed E-state index contributed by atoms with van der Waals surface area (Å²) in [5.74, 6) is 0.0387. The van der Waals surface area contributed by atoms with Crippen molar-refractivity contribution in [3.8, 4) is 16.5 Å². The third-order valence-corrected chi connectivity index (χ3v) is 6.70. The number of nitrogens with zero attached hydrogens (tertiary/aromatic N) is 4. The molecule has 0 atom stereocenters. The van der Waals surface area contributed by atoms with E-state index in [1.807, 2.05) is 70.6 Å². The molecule has 0 saturated carbocycles. The number of rotatable bonds is 6. The number of pyridine rings is 1. The van der Waals surface area contributed by atoms with Crippen molar-refractivity contribution < 1.29 is 9.90 Å². The van der Waals surface area contributed by atoms with E-state index < -0.39 is 5.91 Å². The Bertz CT molecular complexity index is 1520. The van der Waals surface area contributed by atoms with Crippen molar-refractivity contribution in [1.29, 1.82) is 0 Å². The van der Waals surface area contributed by atoms with Gasteiger partial charge in [-0.05, 0) is 42.0 Å². The molecule has 0 aliphatic heterocycles. The summed E-state index contributed by atoms with van der Waals surface area (Å²) in [6.07, 6.45) is 0.913. The van der Waals surface area contributed by atoms with Crippen LogP contribution in [0, 0.1) is 5.92 Å². The molecule has 3 heterocycles. The summed E-state index contributed by atoms with van der Waals surface area (Å²) in [5, 5.41) is 22.7. The quantitative estimate of drug-likeness (QED) is 0.261. The maximum absolute atomic E-state index is 13.2. The Labute approximate surface area is 201 Å². The summed E-state index contributed by atoms with van der Waals surface area (Å²) >= 11 is 1.56. The lowest BCUT2D eigenvalue weighted by molar-refractivity contribution is 0.0996. The minimum Gasteiger partial charge on any atom is -0.493 e. The zero-order valence-electron chi connectivity index (χ0n) is 19.0. The number of thiophene rings is 1. The molecule has 6 nitrogen and oxygen atoms in total. The predicted molar refractivity (Wildman–Crippen MR) is 137 cm³/mol. The number of para-hydroxylation sites is 2. The SMILES string of the molecule is CC(C)CCn1c(O)c(N=NC(=O)c2cc(-c3cccs3)nc3ccccc23)c2ccccc21. The average molecular weight is 469 g/mol. The van der Waals surface area contributed by atoms with Crippen molar-refractivity contribution in [2.45, 2.75) is 26.8 Å². The molecular formula is C27H24N4O2S. The number of azo groups is 1. The number of fused-ring (bicyclic) bond motifs is 2. The lowest BCUT2D eigenvalue weighted by Crippen LogP contribution is -2.00. The van der Waals surface area contributed by atoms with E-state index in [9.17, 15) is 9.90 Å². The molecule has 0 spiro atoms. The molecule has 5 aromatic rings. The number of carbonyl (C=O) groups is 1. The molecule has 0 radical (unpaired) electrons. The van der Waals surface area contributed by atoms with Gasteiger partial charge in [-0.15, -0.1) is 21.6 Å². The molecule has 0 bridgehead atoms. The molecule has 5 rings (SSSR count). The second kappa shape index (κ2) is 9.19. The lowest BCUT2D eigenvalue weighted by Gasteiger charge is -2.08. The van der Waals surface area contributed by atoms with Gasteiger partial charge in [0.1, 0.15) is 0 Å². The van der Waals surface area contributed by atoms with Crippen molar-refractivity contribution in [2.24, 2.45) is 16.1 Å². The fourth-order valence-corrected chi connectivity index (χ4v) is 4.72. The lowest BCUT2D eigenvalue weighted by atomic mass is 10.1. The maximum atomic E-state index is 13.2. The molecule has 3 aromatic heterocycles. The van der Waals surface area contributed by atoms with E-state index in [1.54, 1.807) is 17.4 Å². The van der Waals surface area contributed by atoms with Crippen LogP contribution in [0.2, 0.25) is 0 Å². The number of aromatic hydroxyl groups is 1. The van der Waals surface area contributed by atoms with Gasteiger partial charge in [-0.3, -0.25) is 4.79 Å². The zero-order chi connectivity index (χ0) is 23.7. The van der Waals surface area contributed by atoms with Crippen molar-refractivity contribution in [3.05, 3.63) is 77.7 Å². The Morgan fingerprint density at radius 1 is 1.06 bits per heavy atom. The summed E-state index contributed by atoms with van der Waals surface area (Å²) in [7, 11) is 0. The first-order valence-corrected chi connectivity index (χ1v) is 12.1. The van der Waals surface area contributed by atoms with Gasteiger partial charge < -0.3 is 9.67 Å². The topological polar surface area (TPSA) is 79.8 Å². The third kappa shape index (κ3) is 4.10. The van der Waals surface area contributed by atoms with Crippen molar-refractivity contribution >= 4 is 44.7 Å². The van der Waals surface area contributed by atoms with Crippen LogP contribution in [0.4, 0.5) is 5.69 Å². The summed E-state index contributed by atoms with van der Waals surface area (Å²) < 4.78 is 1.84. The van der Waals surface area contributed by atoms with Gasteiger partial charge in [-0.25, -0.2) is 4.98 Å². The van der Waals surface area contributed by atoms with Gasteiger partial charge in [0.25, 0.3) is 5.91 Å². The number of amides is 1. The molecular weight excluding hydrogens is 444 g/mol. The van der Waals surface area contributed by atoms with Gasteiger partial charge in [0, 0.05) is 17.3 Å². The first-order chi connectivity index (χ1) is 16.5. The normalized spacial score (nSPS) is 11.9. The summed E-state index contributed by atoms with van der Waals surface area (Å²) in [4.78, 5) is 18.9. The van der Waals surface area contributed by atoms with Crippen LogP contribution in [0.15, 0.2) is 82.3 Å². The zero-order valence-corrected chi connectivity index (χ0v) is 19.8. The van der Waals surface area contributed by atoms with Gasteiger partial charge in [0.15, 0.2) is 5.69 Å². The number of aryl methyl sites for hydroxylation is 1. The van der Waals surface area contributed by atoms with Crippen LogP contribution in [0.25, 0.3) is 32.4 Å². The van der Waals surface area contributed by atoms with E-state index in [2.05, 4.69) is 24.1 Å². The Hall–Kier alpha value is -3.84. The highest BCUT2D eigenvalue weighted by atomic mass is 32.1. The number of benzene rings is 2. The molecule has 1 amide bonds. The Morgan fingerprint density at radius 2 is 1.82 bits per heavy atom. The highest BCUT2D eigenvalue weighted by Gasteiger charge is 2.18. The van der Waals surface area contributed by atoms with E-state index >= 15 is 0 Å². The predicted octanol–water partition coefficient (Wildman–Crippen LogP) is 7.59. The van der Waals surface area contributed by atoms with Gasteiger partial charge >= 0.3 is 0 Å². The number of aromatic nitrogens is 2. The van der Waals surface area contributed by atoms with E-state index in [1.165, 1.54) is 0 Å². The fourth-order valence-electron chi connectivity index (χ4n) is 4.04. The number of hydrogen-bond acceptors (Lipinski definition) is 5. The second-order valence-electron chi connectivity index (χ2n) is 8.58. The highest BCUT2D eigenvalue weighted by molar-refractivity contribution is 7.13. The molecule has 1 N–H and O–H groups in total. The second-order valence-corrected chi connectivity index (χ2v) is 9.53. The van der Waals surface area contributed by atoms with Crippen LogP contribution >= 0.6 is 11.3 Å². The Kier molecular flexibility index (Phi) is 5.94. The number of carbonyl (C=O) groups excluding carboxylic acids is 1. The van der Waals surface area contributed by atoms with E-state index in [4.69, 9.17) is 4.98 Å². The first-order valence-electron chi connectivity index (χ1n) is 11.2. The van der Waals surface area contributed by atoms with Gasteiger partial charge in [-0.2, -0.15) is 0 Å². The summed E-state index contributed by atoms with van der Waals surface area (Å²) in [6.45, 7) is 4.95. The van der Waals surface area contributed by atoms with E-state index in [0.29, 0.717) is 23.7 Å². The van der Waals surface area contributed by atoms with Crippen LogP contribution in [-0.2, 0) is 6.54 Å². The largest absolute Gasteiger partial charge is 0.493 e. The summed E-state index contributed by atoms with van der Waals surface area (Å²) in [6, 6.07) is 20.8. The van der Waals surface area contributed by atoms with Crippen LogP contribution in [0.1, 0.15) is 30.6 Å². The Balaban J connectivity index is 1.56. The average Bonchev–Trinajstić information content (AvgIpc) is 3.47.